The van der Waals surface area contributed by atoms with Gasteiger partial charge in [-0.3, -0.25) is 19.0 Å². The molecule has 4 rings (SSSR count). The van der Waals surface area contributed by atoms with E-state index in [-0.39, 0.29) is 17.4 Å². The second kappa shape index (κ2) is 5.91. The summed E-state index contributed by atoms with van der Waals surface area (Å²) in [6.07, 6.45) is -0.520. The predicted octanol–water partition coefficient (Wildman–Crippen LogP) is 0.259. The molecule has 0 radical (unpaired) electrons. The Morgan fingerprint density at radius 3 is 2.78 bits per heavy atom. The molecule has 0 spiro atoms. The summed E-state index contributed by atoms with van der Waals surface area (Å²) in [4.78, 5) is 44.7. The average molecular weight is 374 g/mol. The minimum atomic E-state index is -1.36. The van der Waals surface area contributed by atoms with Gasteiger partial charge >= 0.3 is 5.97 Å². The number of cyclic esters (lactones) is 1. The quantitative estimate of drug-likeness (QED) is 0.647. The number of H-pyrrole nitrogens is 1. The van der Waals surface area contributed by atoms with Crippen molar-refractivity contribution < 1.29 is 19.4 Å². The van der Waals surface area contributed by atoms with Crippen LogP contribution in [-0.4, -0.2) is 43.8 Å². The van der Waals surface area contributed by atoms with Crippen LogP contribution in [0.25, 0.3) is 11.0 Å². The Balaban J connectivity index is 1.67. The maximum atomic E-state index is 13.0. The molecule has 3 atom stereocenters. The number of carbonyl (C=O) groups is 2. The lowest BCUT2D eigenvalue weighted by atomic mass is 9.93. The molecule has 1 amide bonds. The zero-order chi connectivity index (χ0) is 19.5. The number of hydrogen-bond donors (Lipinski definition) is 3. The highest BCUT2D eigenvalue weighted by atomic mass is 16.6. The minimum Gasteiger partial charge on any atom is -0.434 e. The molecule has 144 valence electrons. The zero-order valence-corrected chi connectivity index (χ0v) is 15.4. The summed E-state index contributed by atoms with van der Waals surface area (Å²) < 4.78 is 6.05. The van der Waals surface area contributed by atoms with Gasteiger partial charge in [-0.15, -0.1) is 0 Å². The van der Waals surface area contributed by atoms with Crippen LogP contribution in [0.5, 0.6) is 0 Å². The minimum absolute atomic E-state index is 0.0930. The Kier molecular flexibility index (Phi) is 3.88. The summed E-state index contributed by atoms with van der Waals surface area (Å²) >= 11 is 0. The Hall–Kier alpha value is -2.68. The van der Waals surface area contributed by atoms with Gasteiger partial charge in [-0.2, -0.15) is 0 Å². The lowest BCUT2D eigenvalue weighted by Gasteiger charge is -2.18. The van der Waals surface area contributed by atoms with Crippen LogP contribution in [0.3, 0.4) is 0 Å². The van der Waals surface area contributed by atoms with Crippen LogP contribution in [-0.2, 0) is 26.2 Å². The number of rotatable bonds is 2. The third-order valence-corrected chi connectivity index (χ3v) is 5.13. The van der Waals surface area contributed by atoms with Crippen LogP contribution >= 0.6 is 0 Å². The molecule has 2 aliphatic heterocycles. The van der Waals surface area contributed by atoms with E-state index >= 15 is 0 Å². The first-order chi connectivity index (χ1) is 12.6. The number of ether oxygens (including phenoxy) is 1. The standard InChI is InChI=1S/C18H22N4O5/c1-18(2,3)11-6-8-14(21-11)16(25)22-10(4-5-12(22)19-8)15(24)20-9-7-13(23)27-17(9)26/h6,9-10,17,21,26H,4-5,7H2,1-3H3,(H,20,24)/t9-,10-,17?/m0/s1. The first-order valence-electron chi connectivity index (χ1n) is 8.97. The first-order valence-corrected chi connectivity index (χ1v) is 8.97. The Labute approximate surface area is 154 Å². The lowest BCUT2D eigenvalue weighted by molar-refractivity contribution is -0.155. The van der Waals surface area contributed by atoms with Crippen molar-refractivity contribution in [2.75, 3.05) is 0 Å². The van der Waals surface area contributed by atoms with Gasteiger partial charge < -0.3 is 20.1 Å². The number of carbonyl (C=O) groups excluding carboxylic acids is 2. The maximum absolute atomic E-state index is 13.0. The van der Waals surface area contributed by atoms with Crippen LogP contribution in [0.15, 0.2) is 10.9 Å². The number of aromatic amines is 1. The number of aliphatic hydroxyl groups is 1. The fourth-order valence-corrected chi connectivity index (χ4v) is 3.62. The number of aliphatic hydroxyl groups excluding tert-OH is 1. The average Bonchev–Trinajstić information content (AvgIpc) is 3.24. The van der Waals surface area contributed by atoms with Crippen molar-refractivity contribution in [1.82, 2.24) is 19.9 Å². The molecule has 2 aromatic heterocycles. The normalized spacial score (nSPS) is 24.9. The van der Waals surface area contributed by atoms with E-state index in [2.05, 4.69) is 20.0 Å². The van der Waals surface area contributed by atoms with Crippen molar-refractivity contribution in [3.05, 3.63) is 27.9 Å². The molecule has 27 heavy (non-hydrogen) atoms. The van der Waals surface area contributed by atoms with Crippen molar-refractivity contribution in [2.45, 2.75) is 63.8 Å². The van der Waals surface area contributed by atoms with Crippen LogP contribution in [0.4, 0.5) is 0 Å². The van der Waals surface area contributed by atoms with Gasteiger partial charge in [0.15, 0.2) is 0 Å². The van der Waals surface area contributed by atoms with E-state index in [1.54, 1.807) is 0 Å². The van der Waals surface area contributed by atoms with Crippen LogP contribution in [0.1, 0.15) is 51.2 Å². The Morgan fingerprint density at radius 1 is 1.41 bits per heavy atom. The van der Waals surface area contributed by atoms with Crippen molar-refractivity contribution >= 4 is 22.9 Å². The van der Waals surface area contributed by atoms with E-state index in [0.29, 0.717) is 29.7 Å². The number of fused-ring (bicyclic) bond motifs is 2. The summed E-state index contributed by atoms with van der Waals surface area (Å²) in [5, 5.41) is 12.3. The summed E-state index contributed by atoms with van der Waals surface area (Å²) in [6, 6.07) is 0.344. The van der Waals surface area contributed by atoms with Crippen LogP contribution in [0.2, 0.25) is 0 Å². The van der Waals surface area contributed by atoms with Gasteiger partial charge in [-0.1, -0.05) is 20.8 Å². The largest absolute Gasteiger partial charge is 0.434 e. The third kappa shape index (κ3) is 2.91. The van der Waals surface area contributed by atoms with Gasteiger partial charge in [0.05, 0.1) is 11.9 Å². The fourth-order valence-electron chi connectivity index (χ4n) is 3.62. The van der Waals surface area contributed by atoms with Crippen molar-refractivity contribution in [3.8, 4) is 0 Å². The van der Waals surface area contributed by atoms with E-state index in [4.69, 9.17) is 0 Å². The molecule has 0 aliphatic carbocycles. The first kappa shape index (κ1) is 17.7. The van der Waals surface area contributed by atoms with Gasteiger partial charge in [0.25, 0.3) is 5.56 Å². The molecule has 0 aromatic carbocycles. The zero-order valence-electron chi connectivity index (χ0n) is 15.4. The topological polar surface area (TPSA) is 126 Å². The number of hydrogen-bond acceptors (Lipinski definition) is 6. The van der Waals surface area contributed by atoms with Gasteiger partial charge in [0.1, 0.15) is 23.4 Å². The van der Waals surface area contributed by atoms with Gasteiger partial charge in [-0.25, -0.2) is 4.98 Å². The van der Waals surface area contributed by atoms with Crippen LogP contribution in [0, 0.1) is 0 Å². The molecule has 0 bridgehead atoms. The molecule has 1 saturated heterocycles. The molecule has 1 fully saturated rings. The predicted molar refractivity (Wildman–Crippen MR) is 95.1 cm³/mol. The highest BCUT2D eigenvalue weighted by Crippen LogP contribution is 2.28. The highest BCUT2D eigenvalue weighted by molar-refractivity contribution is 5.83. The van der Waals surface area contributed by atoms with Gasteiger partial charge in [-0.05, 0) is 12.5 Å². The number of esters is 1. The summed E-state index contributed by atoms with van der Waals surface area (Å²) in [5.74, 6) is -0.436. The second-order valence-corrected chi connectivity index (χ2v) is 8.15. The molecular weight excluding hydrogens is 352 g/mol. The monoisotopic (exact) mass is 374 g/mol. The maximum Gasteiger partial charge on any atom is 0.310 e. The molecule has 2 aromatic rings. The molecular formula is C18H22N4O5. The van der Waals surface area contributed by atoms with E-state index < -0.39 is 30.3 Å². The summed E-state index contributed by atoms with van der Waals surface area (Å²) in [6.45, 7) is 6.11. The number of aromatic nitrogens is 3. The van der Waals surface area contributed by atoms with Gasteiger partial charge in [0, 0.05) is 17.5 Å². The Morgan fingerprint density at radius 2 is 2.15 bits per heavy atom. The number of amides is 1. The van der Waals surface area contributed by atoms with E-state index in [1.807, 2.05) is 26.8 Å². The van der Waals surface area contributed by atoms with E-state index in [9.17, 15) is 19.5 Å². The highest BCUT2D eigenvalue weighted by Gasteiger charge is 2.38. The molecule has 1 unspecified atom stereocenters. The smallest absolute Gasteiger partial charge is 0.310 e. The molecule has 4 heterocycles. The Bertz CT molecular complexity index is 1000. The fraction of sp³-hybridized carbons (Fsp3) is 0.556. The van der Waals surface area contributed by atoms with Crippen LogP contribution < -0.4 is 10.9 Å². The number of nitrogens with one attached hydrogen (secondary N) is 2. The van der Waals surface area contributed by atoms with Gasteiger partial charge in [0.2, 0.25) is 12.2 Å². The molecule has 9 heteroatoms. The third-order valence-electron chi connectivity index (χ3n) is 5.13. The number of nitrogens with zero attached hydrogens (tertiary/aromatic N) is 2. The summed E-state index contributed by atoms with van der Waals surface area (Å²) in [7, 11) is 0. The molecule has 2 aliphatic rings. The van der Waals surface area contributed by atoms with Crippen molar-refractivity contribution in [3.63, 3.8) is 0 Å². The van der Waals surface area contributed by atoms with E-state index in [0.717, 1.165) is 5.69 Å². The number of aryl methyl sites for hydroxylation is 1. The van der Waals surface area contributed by atoms with Crippen molar-refractivity contribution in [1.29, 1.82) is 0 Å². The molecule has 0 saturated carbocycles. The summed E-state index contributed by atoms with van der Waals surface area (Å²) in [5.41, 5.74) is 1.43. The molecule has 9 nitrogen and oxygen atoms in total. The molecule has 3 N–H and O–H groups in total. The van der Waals surface area contributed by atoms with Crippen molar-refractivity contribution in [2.24, 2.45) is 0 Å². The lowest BCUT2D eigenvalue weighted by Crippen LogP contribution is -2.44. The SMILES string of the molecule is CC(C)(C)c1cc2nc3n(c(=O)c2[nH]1)[C@H](C(=O)N[C@H]1CC(=O)OC1O)CC3. The van der Waals surface area contributed by atoms with E-state index in [1.165, 1.54) is 4.57 Å². The second-order valence-electron chi connectivity index (χ2n) is 8.15.